The van der Waals surface area contributed by atoms with E-state index in [1.54, 1.807) is 25.3 Å². The van der Waals surface area contributed by atoms with Gasteiger partial charge in [0.05, 0.1) is 12.1 Å². The highest BCUT2D eigenvalue weighted by Gasteiger charge is 2.13. The molecule has 0 aliphatic heterocycles. The van der Waals surface area contributed by atoms with Gasteiger partial charge in [0.15, 0.2) is 11.5 Å². The molecule has 4 nitrogen and oxygen atoms in total. The van der Waals surface area contributed by atoms with E-state index in [4.69, 9.17) is 32.7 Å². The van der Waals surface area contributed by atoms with Crippen molar-refractivity contribution in [2.75, 3.05) is 33.3 Å². The number of hydrogen-bond donors (Lipinski definition) is 1. The highest BCUT2D eigenvalue weighted by atomic mass is 35.5. The summed E-state index contributed by atoms with van der Waals surface area (Å²) in [6.45, 7) is 8.82. The summed E-state index contributed by atoms with van der Waals surface area (Å²) in [5.41, 5.74) is 1.21. The molecule has 7 heteroatoms. The number of hydrogen-bond acceptors (Lipinski definition) is 4. The lowest BCUT2D eigenvalue weighted by Gasteiger charge is -2.18. The Morgan fingerprint density at radius 3 is 2.46 bits per heavy atom. The number of halogens is 3. The molecule has 0 spiro atoms. The highest BCUT2D eigenvalue weighted by molar-refractivity contribution is 6.31. The molecule has 28 heavy (non-hydrogen) atoms. The molecule has 0 amide bonds. The zero-order valence-electron chi connectivity index (χ0n) is 16.5. The standard InChI is InChI=1S/C21H27Cl2FN2O2/c1-4-26(5-2)10-9-25-13-15-11-20(27-3)21(12-18(15)23)28-14-16-17(22)7-6-8-19(16)24/h6-8,11-12,25H,4-5,9-10,13-14H2,1-3H3. The molecular weight excluding hydrogens is 402 g/mol. The van der Waals surface area contributed by atoms with E-state index in [9.17, 15) is 4.39 Å². The van der Waals surface area contributed by atoms with Crippen LogP contribution in [0.1, 0.15) is 25.0 Å². The van der Waals surface area contributed by atoms with Gasteiger partial charge in [0.2, 0.25) is 0 Å². The minimum absolute atomic E-state index is 0.0142. The molecule has 1 N–H and O–H groups in total. The van der Waals surface area contributed by atoms with E-state index in [1.165, 1.54) is 6.07 Å². The molecule has 2 aromatic rings. The number of nitrogens with one attached hydrogen (secondary N) is 1. The lowest BCUT2D eigenvalue weighted by Crippen LogP contribution is -2.31. The van der Waals surface area contributed by atoms with Gasteiger partial charge in [0.25, 0.3) is 0 Å². The van der Waals surface area contributed by atoms with Gasteiger partial charge in [-0.15, -0.1) is 0 Å². The Morgan fingerprint density at radius 2 is 1.82 bits per heavy atom. The summed E-state index contributed by atoms with van der Waals surface area (Å²) in [5.74, 6) is 0.572. The van der Waals surface area contributed by atoms with E-state index in [1.807, 2.05) is 6.07 Å². The third kappa shape index (κ3) is 6.24. The van der Waals surface area contributed by atoms with E-state index in [0.717, 1.165) is 31.7 Å². The Labute approximate surface area is 176 Å². The van der Waals surface area contributed by atoms with E-state index >= 15 is 0 Å². The number of likely N-dealkylation sites (N-methyl/N-ethyl adjacent to an activating group) is 1. The number of benzene rings is 2. The van der Waals surface area contributed by atoms with Gasteiger partial charge in [-0.2, -0.15) is 0 Å². The molecule has 0 saturated heterocycles. The molecule has 0 fully saturated rings. The van der Waals surface area contributed by atoms with Crippen molar-refractivity contribution in [1.82, 2.24) is 10.2 Å². The van der Waals surface area contributed by atoms with Gasteiger partial charge in [0.1, 0.15) is 12.4 Å². The fraction of sp³-hybridized carbons (Fsp3) is 0.429. The Balaban J connectivity index is 2.02. The van der Waals surface area contributed by atoms with Gasteiger partial charge in [-0.05, 0) is 36.9 Å². The van der Waals surface area contributed by atoms with Crippen LogP contribution in [0, 0.1) is 5.82 Å². The summed E-state index contributed by atoms with van der Waals surface area (Å²) in [4.78, 5) is 2.35. The van der Waals surface area contributed by atoms with Gasteiger partial charge in [-0.25, -0.2) is 4.39 Å². The molecule has 0 aliphatic carbocycles. The van der Waals surface area contributed by atoms with Crippen LogP contribution in [-0.2, 0) is 13.2 Å². The average molecular weight is 429 g/mol. The predicted octanol–water partition coefficient (Wildman–Crippen LogP) is 5.15. The van der Waals surface area contributed by atoms with Crippen LogP contribution < -0.4 is 14.8 Å². The van der Waals surface area contributed by atoms with Crippen LogP contribution >= 0.6 is 23.2 Å². The van der Waals surface area contributed by atoms with E-state index in [-0.39, 0.29) is 6.61 Å². The molecular formula is C21H27Cl2FN2O2. The van der Waals surface area contributed by atoms with Crippen molar-refractivity contribution in [2.24, 2.45) is 0 Å². The fourth-order valence-electron chi connectivity index (χ4n) is 2.81. The Bertz CT molecular complexity index is 750. The van der Waals surface area contributed by atoms with Crippen molar-refractivity contribution in [1.29, 1.82) is 0 Å². The number of nitrogens with zero attached hydrogens (tertiary/aromatic N) is 1. The maximum absolute atomic E-state index is 13.9. The van der Waals surface area contributed by atoms with Crippen molar-refractivity contribution >= 4 is 23.2 Å². The van der Waals surface area contributed by atoms with Crippen LogP contribution in [0.15, 0.2) is 30.3 Å². The van der Waals surface area contributed by atoms with Crippen molar-refractivity contribution < 1.29 is 13.9 Å². The van der Waals surface area contributed by atoms with Crippen LogP contribution in [0.2, 0.25) is 10.0 Å². The molecule has 0 atom stereocenters. The maximum atomic E-state index is 13.9. The van der Waals surface area contributed by atoms with Crippen LogP contribution in [-0.4, -0.2) is 38.2 Å². The zero-order chi connectivity index (χ0) is 20.5. The van der Waals surface area contributed by atoms with Gasteiger partial charge in [-0.3, -0.25) is 0 Å². The molecule has 0 aliphatic rings. The van der Waals surface area contributed by atoms with E-state index in [2.05, 4.69) is 24.1 Å². The van der Waals surface area contributed by atoms with E-state index < -0.39 is 5.82 Å². The lowest BCUT2D eigenvalue weighted by molar-refractivity contribution is 0.279. The Kier molecular flexibility index (Phi) is 9.32. The molecule has 0 heterocycles. The first-order valence-electron chi connectivity index (χ1n) is 9.35. The highest BCUT2D eigenvalue weighted by Crippen LogP contribution is 2.34. The summed E-state index contributed by atoms with van der Waals surface area (Å²) < 4.78 is 25.1. The predicted molar refractivity (Wildman–Crippen MR) is 113 cm³/mol. The second-order valence-corrected chi connectivity index (χ2v) is 7.10. The van der Waals surface area contributed by atoms with Crippen LogP contribution in [0.4, 0.5) is 4.39 Å². The molecule has 0 saturated carbocycles. The van der Waals surface area contributed by atoms with Gasteiger partial charge in [0, 0.05) is 36.3 Å². The largest absolute Gasteiger partial charge is 0.493 e. The summed E-state index contributed by atoms with van der Waals surface area (Å²) in [7, 11) is 1.56. The second-order valence-electron chi connectivity index (χ2n) is 6.29. The summed E-state index contributed by atoms with van der Waals surface area (Å²) in [5, 5.41) is 4.28. The summed E-state index contributed by atoms with van der Waals surface area (Å²) in [6.07, 6.45) is 0. The van der Waals surface area contributed by atoms with E-state index in [0.29, 0.717) is 33.7 Å². The molecule has 2 aromatic carbocycles. The number of ether oxygens (including phenoxy) is 2. The minimum Gasteiger partial charge on any atom is -0.493 e. The van der Waals surface area contributed by atoms with Crippen molar-refractivity contribution in [3.63, 3.8) is 0 Å². The average Bonchev–Trinajstić information content (AvgIpc) is 2.69. The van der Waals surface area contributed by atoms with Gasteiger partial charge in [-0.1, -0.05) is 43.1 Å². The van der Waals surface area contributed by atoms with Crippen LogP contribution in [0.5, 0.6) is 11.5 Å². The first-order chi connectivity index (χ1) is 13.5. The normalized spacial score (nSPS) is 11.1. The van der Waals surface area contributed by atoms with Crippen LogP contribution in [0.25, 0.3) is 0 Å². The lowest BCUT2D eigenvalue weighted by atomic mass is 10.2. The maximum Gasteiger partial charge on any atom is 0.163 e. The molecule has 154 valence electrons. The molecule has 2 rings (SSSR count). The molecule has 0 aromatic heterocycles. The number of rotatable bonds is 11. The Hall–Kier alpha value is -1.53. The molecule has 0 radical (unpaired) electrons. The smallest absolute Gasteiger partial charge is 0.163 e. The topological polar surface area (TPSA) is 33.7 Å². The van der Waals surface area contributed by atoms with Gasteiger partial charge < -0.3 is 19.7 Å². The van der Waals surface area contributed by atoms with Crippen LogP contribution in [0.3, 0.4) is 0 Å². The molecule has 0 bridgehead atoms. The monoisotopic (exact) mass is 428 g/mol. The summed E-state index contributed by atoms with van der Waals surface area (Å²) in [6, 6.07) is 8.06. The van der Waals surface area contributed by atoms with Crippen molar-refractivity contribution in [2.45, 2.75) is 27.0 Å². The zero-order valence-corrected chi connectivity index (χ0v) is 18.0. The third-order valence-corrected chi connectivity index (χ3v) is 5.29. The summed E-state index contributed by atoms with van der Waals surface area (Å²) >= 11 is 12.5. The fourth-order valence-corrected chi connectivity index (χ4v) is 3.24. The quantitative estimate of drug-likeness (QED) is 0.501. The van der Waals surface area contributed by atoms with Crippen molar-refractivity contribution in [3.8, 4) is 11.5 Å². The second kappa shape index (κ2) is 11.5. The SMILES string of the molecule is CCN(CC)CCNCc1cc(OC)c(OCc2c(F)cccc2Cl)cc1Cl. The Morgan fingerprint density at radius 1 is 1.07 bits per heavy atom. The van der Waals surface area contributed by atoms with Gasteiger partial charge >= 0.3 is 0 Å². The first-order valence-corrected chi connectivity index (χ1v) is 10.1. The first kappa shape index (κ1) is 22.8. The van der Waals surface area contributed by atoms with Crippen molar-refractivity contribution in [3.05, 3.63) is 57.3 Å². The number of methoxy groups -OCH3 is 1. The minimum atomic E-state index is -0.411. The molecule has 0 unspecified atom stereocenters. The third-order valence-electron chi connectivity index (χ3n) is 4.58.